The van der Waals surface area contributed by atoms with Crippen molar-refractivity contribution in [3.05, 3.63) is 35.7 Å². The average molecular weight is 391 g/mol. The molecule has 1 unspecified atom stereocenters. The van der Waals surface area contributed by atoms with Gasteiger partial charge in [-0.1, -0.05) is 33.8 Å². The van der Waals surface area contributed by atoms with Crippen molar-refractivity contribution >= 4 is 19.6 Å². The van der Waals surface area contributed by atoms with E-state index in [9.17, 15) is 4.39 Å². The van der Waals surface area contributed by atoms with Crippen LogP contribution in [0.1, 0.15) is 53.4 Å². The van der Waals surface area contributed by atoms with Gasteiger partial charge in [0.25, 0.3) is 0 Å². The van der Waals surface area contributed by atoms with Gasteiger partial charge in [-0.3, -0.25) is 15.0 Å². The largest absolute Gasteiger partial charge is 0.316 e. The van der Waals surface area contributed by atoms with Gasteiger partial charge in [-0.15, -0.1) is 0 Å². The fourth-order valence-corrected chi connectivity index (χ4v) is 2.42. The van der Waals surface area contributed by atoms with Gasteiger partial charge in [-0.2, -0.15) is 0 Å². The fourth-order valence-electron chi connectivity index (χ4n) is 2.42. The molecule has 0 saturated carbocycles. The Morgan fingerprint density at radius 1 is 1.18 bits per heavy atom. The molecule has 0 aliphatic rings. The van der Waals surface area contributed by atoms with Crippen LogP contribution in [0.4, 0.5) is 4.39 Å². The Hall–Kier alpha value is -1.88. The molecule has 1 atom stereocenters. The van der Waals surface area contributed by atoms with Gasteiger partial charge in [0, 0.05) is 31.1 Å². The van der Waals surface area contributed by atoms with Crippen LogP contribution in [0.25, 0.3) is 0 Å². The molecule has 0 heterocycles. The van der Waals surface area contributed by atoms with E-state index in [1.165, 1.54) is 6.08 Å². The number of unbranched alkanes of at least 4 members (excludes halogenated alkanes) is 1. The lowest BCUT2D eigenvalue weighted by Crippen LogP contribution is -2.30. The number of aliphatic imine (C=N–C) groups is 3. The van der Waals surface area contributed by atoms with E-state index in [0.29, 0.717) is 24.3 Å². The highest BCUT2D eigenvalue weighted by molar-refractivity contribution is 5.70. The first-order valence-corrected chi connectivity index (χ1v) is 10.1. The van der Waals surface area contributed by atoms with E-state index >= 15 is 0 Å². The van der Waals surface area contributed by atoms with Crippen LogP contribution in [-0.4, -0.2) is 46.0 Å². The van der Waals surface area contributed by atoms with Gasteiger partial charge in [-0.25, -0.2) is 4.39 Å². The van der Waals surface area contributed by atoms with Crippen molar-refractivity contribution in [2.24, 2.45) is 26.3 Å². The van der Waals surface area contributed by atoms with Crippen molar-refractivity contribution in [3.8, 4) is 0 Å². The Morgan fingerprint density at radius 3 is 2.54 bits per heavy atom. The van der Waals surface area contributed by atoms with Crippen molar-refractivity contribution in [3.63, 3.8) is 0 Å². The molecule has 0 rings (SSSR count). The molecule has 0 spiro atoms. The van der Waals surface area contributed by atoms with E-state index in [-0.39, 0.29) is 0 Å². The lowest BCUT2D eigenvalue weighted by Gasteiger charge is -2.27. The molecule has 0 aliphatic heterocycles. The van der Waals surface area contributed by atoms with Crippen LogP contribution < -0.4 is 5.32 Å². The zero-order valence-electron chi connectivity index (χ0n) is 18.3. The van der Waals surface area contributed by atoms with E-state index in [0.717, 1.165) is 43.6 Å². The standard InChI is InChI=1S/C23H39FN4/c1-20(23(2,3)4)19-28-16-9-7-11-21(12-17-25-5)22(26-6)13-18-27-15-10-8-14-24/h8,10,12,15,17,20,28H,5-7,9,11,13-14,16,18-19H2,1-4H3/b10-8-,17-12-,22-21+,27-15-. The highest BCUT2D eigenvalue weighted by Gasteiger charge is 2.18. The third-order valence-electron chi connectivity index (χ3n) is 4.82. The van der Waals surface area contributed by atoms with Crippen molar-refractivity contribution in [1.29, 1.82) is 0 Å². The Labute approximate surface area is 171 Å². The molecular weight excluding hydrogens is 351 g/mol. The number of hydrogen-bond acceptors (Lipinski definition) is 4. The molecule has 0 fully saturated rings. The van der Waals surface area contributed by atoms with Crippen LogP contribution in [-0.2, 0) is 0 Å². The monoisotopic (exact) mass is 390 g/mol. The summed E-state index contributed by atoms with van der Waals surface area (Å²) in [7, 11) is 0. The Morgan fingerprint density at radius 2 is 1.93 bits per heavy atom. The van der Waals surface area contributed by atoms with E-state index in [2.05, 4.69) is 61.4 Å². The first-order chi connectivity index (χ1) is 13.4. The van der Waals surface area contributed by atoms with Crippen LogP contribution in [0.3, 0.4) is 0 Å². The summed E-state index contributed by atoms with van der Waals surface area (Å²) in [4.78, 5) is 12.2. The minimum atomic E-state index is -0.473. The third kappa shape index (κ3) is 13.3. The summed E-state index contributed by atoms with van der Waals surface area (Å²) in [5, 5.41) is 3.56. The molecule has 28 heavy (non-hydrogen) atoms. The summed E-state index contributed by atoms with van der Waals surface area (Å²) < 4.78 is 12.0. The van der Waals surface area contributed by atoms with Crippen molar-refractivity contribution in [2.75, 3.05) is 26.3 Å². The smallest absolute Gasteiger partial charge is 0.108 e. The third-order valence-corrected chi connectivity index (χ3v) is 4.82. The van der Waals surface area contributed by atoms with Crippen LogP contribution in [0, 0.1) is 11.3 Å². The normalized spacial score (nSPS) is 14.8. The zero-order chi connectivity index (χ0) is 21.3. The maximum atomic E-state index is 12.0. The van der Waals surface area contributed by atoms with Crippen molar-refractivity contribution in [2.45, 2.75) is 53.4 Å². The number of rotatable bonds is 15. The molecule has 1 N–H and O–H groups in total. The molecule has 5 heteroatoms. The highest BCUT2D eigenvalue weighted by atomic mass is 19.1. The van der Waals surface area contributed by atoms with E-state index < -0.39 is 6.67 Å². The number of halogens is 1. The van der Waals surface area contributed by atoms with Gasteiger partial charge < -0.3 is 5.32 Å². The number of nitrogens with zero attached hydrogens (tertiary/aromatic N) is 3. The van der Waals surface area contributed by atoms with Gasteiger partial charge in [0.1, 0.15) is 6.67 Å². The Bertz CT molecular complexity index is 553. The summed E-state index contributed by atoms with van der Waals surface area (Å²) >= 11 is 0. The Balaban J connectivity index is 4.53. The fraction of sp³-hybridized carbons (Fsp3) is 0.609. The predicted molar refractivity (Wildman–Crippen MR) is 124 cm³/mol. The molecule has 0 bridgehead atoms. The molecule has 4 nitrogen and oxygen atoms in total. The van der Waals surface area contributed by atoms with Crippen molar-refractivity contribution < 1.29 is 4.39 Å². The summed E-state index contributed by atoms with van der Waals surface area (Å²) in [5.41, 5.74) is 2.39. The van der Waals surface area contributed by atoms with Gasteiger partial charge in [0.15, 0.2) is 0 Å². The van der Waals surface area contributed by atoms with E-state index in [4.69, 9.17) is 0 Å². The van der Waals surface area contributed by atoms with Gasteiger partial charge >= 0.3 is 0 Å². The Kier molecular flexibility index (Phi) is 15.0. The van der Waals surface area contributed by atoms with Gasteiger partial charge in [0.2, 0.25) is 0 Å². The van der Waals surface area contributed by atoms with E-state index in [1.54, 1.807) is 18.5 Å². The SMILES string of the molecule is C=N/C=C\C(CCCCNCC(C)C(C)(C)C)=C(/CC/N=C\C=C/CF)N=C. The number of hydrogen-bond donors (Lipinski definition) is 1. The van der Waals surface area contributed by atoms with Crippen LogP contribution in [0.5, 0.6) is 0 Å². The molecule has 0 radical (unpaired) electrons. The van der Waals surface area contributed by atoms with Gasteiger partial charge in [0.05, 0.1) is 0 Å². The molecule has 0 aromatic carbocycles. The maximum Gasteiger partial charge on any atom is 0.108 e. The second-order valence-corrected chi connectivity index (χ2v) is 7.94. The van der Waals surface area contributed by atoms with E-state index in [1.807, 2.05) is 6.08 Å². The first kappa shape index (κ1) is 26.1. The molecule has 0 saturated heterocycles. The molecule has 0 aromatic heterocycles. The first-order valence-electron chi connectivity index (χ1n) is 10.1. The van der Waals surface area contributed by atoms with Crippen LogP contribution >= 0.6 is 0 Å². The number of nitrogens with one attached hydrogen (secondary N) is 1. The second-order valence-electron chi connectivity index (χ2n) is 7.94. The minimum absolute atomic E-state index is 0.333. The summed E-state index contributed by atoms with van der Waals surface area (Å²) in [5.74, 6) is 0.640. The molecule has 0 aromatic rings. The topological polar surface area (TPSA) is 49.1 Å². The lowest BCUT2D eigenvalue weighted by atomic mass is 9.82. The van der Waals surface area contributed by atoms with Crippen LogP contribution in [0.2, 0.25) is 0 Å². The number of allylic oxidation sites excluding steroid dienone is 4. The summed E-state index contributed by atoms with van der Waals surface area (Å²) in [6.45, 7) is 18.5. The van der Waals surface area contributed by atoms with Gasteiger partial charge in [-0.05, 0) is 74.8 Å². The van der Waals surface area contributed by atoms with Crippen LogP contribution in [0.15, 0.2) is 50.7 Å². The summed E-state index contributed by atoms with van der Waals surface area (Å²) in [6, 6.07) is 0. The zero-order valence-corrected chi connectivity index (χ0v) is 18.3. The predicted octanol–water partition coefficient (Wildman–Crippen LogP) is 5.58. The lowest BCUT2D eigenvalue weighted by molar-refractivity contribution is 0.253. The highest BCUT2D eigenvalue weighted by Crippen LogP contribution is 2.24. The summed E-state index contributed by atoms with van der Waals surface area (Å²) in [6.07, 6.45) is 12.1. The minimum Gasteiger partial charge on any atom is -0.316 e. The molecule has 158 valence electrons. The average Bonchev–Trinajstić information content (AvgIpc) is 2.66. The number of alkyl halides is 1. The second kappa shape index (κ2) is 16.1. The maximum absolute atomic E-state index is 12.0. The quantitative estimate of drug-likeness (QED) is 0.221. The van der Waals surface area contributed by atoms with Crippen molar-refractivity contribution in [1.82, 2.24) is 5.32 Å². The molecule has 0 amide bonds. The molecular formula is C23H39FN4. The molecule has 0 aliphatic carbocycles.